The van der Waals surface area contributed by atoms with E-state index in [0.717, 1.165) is 33.9 Å². The molecule has 0 saturated heterocycles. The highest BCUT2D eigenvalue weighted by Gasteiger charge is 2.29. The minimum atomic E-state index is -0.338. The molecule has 3 aromatic rings. The Kier molecular flexibility index (Phi) is 6.44. The highest BCUT2D eigenvalue weighted by molar-refractivity contribution is 6.30. The number of hydrogen-bond acceptors (Lipinski definition) is 5. The maximum Gasteiger partial charge on any atom is 0.129 e. The molecule has 1 aliphatic rings. The molecule has 0 radical (unpaired) electrons. The van der Waals surface area contributed by atoms with E-state index in [1.54, 1.807) is 25.3 Å². The van der Waals surface area contributed by atoms with Crippen LogP contribution in [0.15, 0.2) is 71.7 Å². The van der Waals surface area contributed by atoms with Crippen LogP contribution >= 0.6 is 11.6 Å². The van der Waals surface area contributed by atoms with Gasteiger partial charge in [-0.2, -0.15) is 0 Å². The maximum atomic E-state index is 10.5. The average molecular weight is 437 g/mol. The van der Waals surface area contributed by atoms with Crippen molar-refractivity contribution in [3.8, 4) is 17.2 Å². The molecule has 0 spiro atoms. The van der Waals surface area contributed by atoms with Crippen molar-refractivity contribution in [3.05, 3.63) is 88.4 Å². The zero-order chi connectivity index (χ0) is 21.8. The molecule has 1 heterocycles. The minimum absolute atomic E-state index is 0.173. The zero-order valence-electron chi connectivity index (χ0n) is 17.5. The summed E-state index contributed by atoms with van der Waals surface area (Å²) in [5, 5.41) is 14.6. The number of aliphatic imine (C=N–C) groups is 1. The summed E-state index contributed by atoms with van der Waals surface area (Å²) in [6.45, 7) is 2.58. The predicted octanol–water partition coefficient (Wildman–Crippen LogP) is 5.68. The van der Waals surface area contributed by atoms with Crippen LogP contribution in [0.4, 0.5) is 0 Å². The largest absolute Gasteiger partial charge is 0.508 e. The van der Waals surface area contributed by atoms with E-state index in [9.17, 15) is 5.11 Å². The molecule has 1 aliphatic heterocycles. The summed E-state index contributed by atoms with van der Waals surface area (Å²) in [7, 11) is 1.65. The fourth-order valence-electron chi connectivity index (χ4n) is 3.85. The molecule has 2 unspecified atom stereocenters. The van der Waals surface area contributed by atoms with E-state index in [1.807, 2.05) is 55.5 Å². The Morgan fingerprint density at radius 1 is 1.06 bits per heavy atom. The van der Waals surface area contributed by atoms with Crippen molar-refractivity contribution in [1.29, 1.82) is 0 Å². The first kappa shape index (κ1) is 21.2. The van der Waals surface area contributed by atoms with Gasteiger partial charge in [0.15, 0.2) is 0 Å². The molecule has 160 valence electrons. The highest BCUT2D eigenvalue weighted by Crippen LogP contribution is 2.37. The molecule has 2 N–H and O–H groups in total. The number of phenols is 1. The van der Waals surface area contributed by atoms with Gasteiger partial charge in [-0.15, -0.1) is 0 Å². The summed E-state index contributed by atoms with van der Waals surface area (Å²) in [6.07, 6.45) is 0.267. The Hall–Kier alpha value is -3.02. The third-order valence-corrected chi connectivity index (χ3v) is 5.57. The van der Waals surface area contributed by atoms with Crippen LogP contribution in [-0.2, 0) is 0 Å². The Morgan fingerprint density at radius 3 is 2.58 bits per heavy atom. The van der Waals surface area contributed by atoms with Gasteiger partial charge in [-0.05, 0) is 61.0 Å². The van der Waals surface area contributed by atoms with E-state index < -0.39 is 0 Å². The van der Waals surface area contributed by atoms with Gasteiger partial charge in [-0.25, -0.2) is 0 Å². The second-order valence-corrected chi connectivity index (χ2v) is 7.74. The number of nitrogens with zero attached hydrogens (tertiary/aromatic N) is 1. The van der Waals surface area contributed by atoms with Gasteiger partial charge in [0.1, 0.15) is 23.4 Å². The molecule has 0 bridgehead atoms. The van der Waals surface area contributed by atoms with Crippen LogP contribution in [0.5, 0.6) is 17.2 Å². The number of methoxy groups -OCH3 is 1. The van der Waals surface area contributed by atoms with Crippen LogP contribution in [0.25, 0.3) is 0 Å². The van der Waals surface area contributed by atoms with Gasteiger partial charge in [0.05, 0.1) is 13.7 Å². The Morgan fingerprint density at radius 2 is 1.84 bits per heavy atom. The summed E-state index contributed by atoms with van der Waals surface area (Å²) >= 11 is 6.23. The zero-order valence-corrected chi connectivity index (χ0v) is 18.3. The van der Waals surface area contributed by atoms with Crippen molar-refractivity contribution in [2.75, 3.05) is 13.7 Å². The summed E-state index contributed by atoms with van der Waals surface area (Å²) in [6, 6.07) is 20.7. The smallest absolute Gasteiger partial charge is 0.129 e. The molecule has 2 atom stereocenters. The number of phenolic OH excluding ortho intramolecular Hbond substituents is 1. The lowest BCUT2D eigenvalue weighted by Gasteiger charge is -2.31. The van der Waals surface area contributed by atoms with E-state index in [-0.39, 0.29) is 18.0 Å². The van der Waals surface area contributed by atoms with Crippen molar-refractivity contribution >= 4 is 17.3 Å². The number of benzene rings is 3. The normalized spacial score (nSPS) is 18.4. The molecule has 4 rings (SSSR count). The SMILES string of the molecule is CCOc1ccc(C2=NC(c3ccccc3OC)NC(c3cc(Cl)ccc3O)C2)cc1. The van der Waals surface area contributed by atoms with Gasteiger partial charge >= 0.3 is 0 Å². The second-order valence-electron chi connectivity index (χ2n) is 7.30. The van der Waals surface area contributed by atoms with E-state index in [0.29, 0.717) is 18.1 Å². The minimum Gasteiger partial charge on any atom is -0.508 e. The van der Waals surface area contributed by atoms with Crippen LogP contribution in [0.1, 0.15) is 42.2 Å². The predicted molar refractivity (Wildman–Crippen MR) is 123 cm³/mol. The number of halogens is 1. The highest BCUT2D eigenvalue weighted by atomic mass is 35.5. The van der Waals surface area contributed by atoms with Gasteiger partial charge in [0, 0.05) is 34.3 Å². The van der Waals surface area contributed by atoms with Crippen LogP contribution < -0.4 is 14.8 Å². The van der Waals surface area contributed by atoms with Crippen molar-refractivity contribution < 1.29 is 14.6 Å². The summed E-state index contributed by atoms with van der Waals surface area (Å²) < 4.78 is 11.1. The number of hydrogen-bond donors (Lipinski definition) is 2. The fraction of sp³-hybridized carbons (Fsp3) is 0.240. The number of ether oxygens (including phenoxy) is 2. The van der Waals surface area contributed by atoms with Crippen LogP contribution in [0.2, 0.25) is 5.02 Å². The van der Waals surface area contributed by atoms with Crippen molar-refractivity contribution in [1.82, 2.24) is 5.32 Å². The van der Waals surface area contributed by atoms with E-state index in [2.05, 4.69) is 5.32 Å². The average Bonchev–Trinajstić information content (AvgIpc) is 2.81. The number of aromatic hydroxyl groups is 1. The first-order valence-corrected chi connectivity index (χ1v) is 10.6. The van der Waals surface area contributed by atoms with E-state index >= 15 is 0 Å². The fourth-order valence-corrected chi connectivity index (χ4v) is 4.03. The molecular formula is C25H25ClN2O3. The topological polar surface area (TPSA) is 63.1 Å². The Balaban J connectivity index is 1.76. The molecule has 0 aliphatic carbocycles. The third kappa shape index (κ3) is 4.68. The third-order valence-electron chi connectivity index (χ3n) is 5.34. The molecule has 0 saturated carbocycles. The van der Waals surface area contributed by atoms with Gasteiger partial charge in [-0.1, -0.05) is 29.8 Å². The standard InChI is InChI=1S/C25H25ClN2O3/c1-3-31-18-11-8-16(9-12-18)21-15-22(20-14-17(26)10-13-23(20)29)28-25(27-21)19-6-4-5-7-24(19)30-2/h4-14,22,25,28-29H,3,15H2,1-2H3. The van der Waals surface area contributed by atoms with E-state index in [4.69, 9.17) is 26.1 Å². The number of rotatable bonds is 6. The summed E-state index contributed by atoms with van der Waals surface area (Å²) in [5.74, 6) is 1.78. The number of para-hydroxylation sites is 1. The maximum absolute atomic E-state index is 10.5. The molecule has 0 fully saturated rings. The van der Waals surface area contributed by atoms with Gasteiger partial charge in [0.25, 0.3) is 0 Å². The molecule has 6 heteroatoms. The van der Waals surface area contributed by atoms with E-state index in [1.165, 1.54) is 0 Å². The van der Waals surface area contributed by atoms with Gasteiger partial charge in [-0.3, -0.25) is 10.3 Å². The summed E-state index contributed by atoms with van der Waals surface area (Å²) in [5.41, 5.74) is 3.61. The quantitative estimate of drug-likeness (QED) is 0.522. The van der Waals surface area contributed by atoms with Gasteiger partial charge < -0.3 is 14.6 Å². The second kappa shape index (κ2) is 9.41. The first-order chi connectivity index (χ1) is 15.1. The van der Waals surface area contributed by atoms with Crippen molar-refractivity contribution in [2.45, 2.75) is 25.6 Å². The molecule has 5 nitrogen and oxygen atoms in total. The molecule has 0 amide bonds. The van der Waals surface area contributed by atoms with Gasteiger partial charge in [0.2, 0.25) is 0 Å². The summed E-state index contributed by atoms with van der Waals surface area (Å²) in [4.78, 5) is 5.00. The van der Waals surface area contributed by atoms with Crippen LogP contribution in [-0.4, -0.2) is 24.5 Å². The van der Waals surface area contributed by atoms with Crippen LogP contribution in [0, 0.1) is 0 Å². The molecular weight excluding hydrogens is 412 g/mol. The molecule has 0 aromatic heterocycles. The Bertz CT molecular complexity index is 1080. The first-order valence-electron chi connectivity index (χ1n) is 10.3. The lowest BCUT2D eigenvalue weighted by molar-refractivity contribution is 0.340. The van der Waals surface area contributed by atoms with Crippen molar-refractivity contribution in [3.63, 3.8) is 0 Å². The monoisotopic (exact) mass is 436 g/mol. The lowest BCUT2D eigenvalue weighted by Crippen LogP contribution is -2.33. The molecule has 3 aromatic carbocycles. The Labute approximate surface area is 187 Å². The van der Waals surface area contributed by atoms with Crippen molar-refractivity contribution in [2.24, 2.45) is 4.99 Å². The van der Waals surface area contributed by atoms with Crippen LogP contribution in [0.3, 0.4) is 0 Å². The number of nitrogens with one attached hydrogen (secondary N) is 1. The lowest BCUT2D eigenvalue weighted by atomic mass is 9.93. The molecule has 31 heavy (non-hydrogen) atoms.